The Labute approximate surface area is 118 Å². The lowest BCUT2D eigenvalue weighted by atomic mass is 9.84. The zero-order valence-electron chi connectivity index (χ0n) is 11.3. The Bertz CT molecular complexity index is 497. The molecule has 0 aromatic heterocycles. The predicted octanol–water partition coefficient (Wildman–Crippen LogP) is 2.41. The van der Waals surface area contributed by atoms with Gasteiger partial charge in [-0.05, 0) is 49.9 Å². The Kier molecular flexibility index (Phi) is 3.06. The van der Waals surface area contributed by atoms with Gasteiger partial charge in [-0.3, -0.25) is 4.79 Å². The van der Waals surface area contributed by atoms with E-state index in [-0.39, 0.29) is 11.4 Å². The minimum absolute atomic E-state index is 0.0785. The van der Waals surface area contributed by atoms with Gasteiger partial charge in [0.2, 0.25) is 0 Å². The molecule has 0 radical (unpaired) electrons. The summed E-state index contributed by atoms with van der Waals surface area (Å²) in [5.74, 6) is 1.27. The van der Waals surface area contributed by atoms with Crippen LogP contribution in [0.4, 0.5) is 0 Å². The highest BCUT2D eigenvalue weighted by molar-refractivity contribution is 6.30. The van der Waals surface area contributed by atoms with Crippen molar-refractivity contribution in [2.75, 3.05) is 19.6 Å². The standard InChI is InChI=1S/C15H19ClN2O/c1-15(2)13-8-17-7-11(13)9-18(15)14(19)10-3-5-12(16)6-4-10/h3-6,11,13,17H,7-9H2,1-2H3. The van der Waals surface area contributed by atoms with Gasteiger partial charge in [0.15, 0.2) is 0 Å². The molecule has 1 aromatic rings. The van der Waals surface area contributed by atoms with Gasteiger partial charge in [0.05, 0.1) is 0 Å². The van der Waals surface area contributed by atoms with E-state index in [1.807, 2.05) is 17.0 Å². The molecule has 102 valence electrons. The largest absolute Gasteiger partial charge is 0.333 e. The number of halogens is 1. The first-order chi connectivity index (χ1) is 9.00. The normalized spacial score (nSPS) is 28.5. The van der Waals surface area contributed by atoms with E-state index in [4.69, 9.17) is 11.6 Å². The first kappa shape index (κ1) is 12.9. The first-order valence-corrected chi connectivity index (χ1v) is 7.16. The third-order valence-electron chi connectivity index (χ3n) is 4.70. The second kappa shape index (κ2) is 4.50. The molecular weight excluding hydrogens is 260 g/mol. The molecule has 0 aliphatic carbocycles. The zero-order valence-corrected chi connectivity index (χ0v) is 12.1. The maximum atomic E-state index is 12.7. The van der Waals surface area contributed by atoms with E-state index in [1.165, 1.54) is 0 Å². The average Bonchev–Trinajstić information content (AvgIpc) is 2.92. The van der Waals surface area contributed by atoms with Crippen molar-refractivity contribution < 1.29 is 4.79 Å². The van der Waals surface area contributed by atoms with E-state index >= 15 is 0 Å². The summed E-state index contributed by atoms with van der Waals surface area (Å²) in [5.41, 5.74) is 0.649. The lowest BCUT2D eigenvalue weighted by Gasteiger charge is -2.35. The molecular formula is C15H19ClN2O. The summed E-state index contributed by atoms with van der Waals surface area (Å²) in [4.78, 5) is 14.7. The summed E-state index contributed by atoms with van der Waals surface area (Å²) < 4.78 is 0. The molecule has 2 saturated heterocycles. The van der Waals surface area contributed by atoms with Crippen molar-refractivity contribution >= 4 is 17.5 Å². The topological polar surface area (TPSA) is 32.3 Å². The molecule has 2 aliphatic rings. The molecule has 3 rings (SSSR count). The number of amides is 1. The van der Waals surface area contributed by atoms with Crippen LogP contribution in [0.3, 0.4) is 0 Å². The Morgan fingerprint density at radius 1 is 1.32 bits per heavy atom. The molecule has 0 saturated carbocycles. The smallest absolute Gasteiger partial charge is 0.254 e. The lowest BCUT2D eigenvalue weighted by molar-refractivity contribution is 0.0603. The van der Waals surface area contributed by atoms with Gasteiger partial charge in [0.25, 0.3) is 5.91 Å². The Morgan fingerprint density at radius 3 is 2.63 bits per heavy atom. The van der Waals surface area contributed by atoms with E-state index in [2.05, 4.69) is 19.2 Å². The van der Waals surface area contributed by atoms with Crippen molar-refractivity contribution in [3.05, 3.63) is 34.9 Å². The number of fused-ring (bicyclic) bond motifs is 1. The van der Waals surface area contributed by atoms with Crippen molar-refractivity contribution in [2.45, 2.75) is 19.4 Å². The molecule has 2 heterocycles. The van der Waals surface area contributed by atoms with Crippen molar-refractivity contribution in [3.63, 3.8) is 0 Å². The number of nitrogens with one attached hydrogen (secondary N) is 1. The van der Waals surface area contributed by atoms with Crippen LogP contribution in [0.1, 0.15) is 24.2 Å². The maximum absolute atomic E-state index is 12.7. The Balaban J connectivity index is 1.86. The fourth-order valence-electron chi connectivity index (χ4n) is 3.51. The van der Waals surface area contributed by atoms with E-state index in [1.54, 1.807) is 12.1 Å². The number of hydrogen-bond donors (Lipinski definition) is 1. The van der Waals surface area contributed by atoms with E-state index in [0.29, 0.717) is 16.9 Å². The fraction of sp³-hybridized carbons (Fsp3) is 0.533. The van der Waals surface area contributed by atoms with Gasteiger partial charge in [0.1, 0.15) is 0 Å². The van der Waals surface area contributed by atoms with Crippen LogP contribution in [0.25, 0.3) is 0 Å². The molecule has 2 fully saturated rings. The van der Waals surface area contributed by atoms with Crippen LogP contribution in [-0.2, 0) is 0 Å². The Morgan fingerprint density at radius 2 is 2.00 bits per heavy atom. The summed E-state index contributed by atoms with van der Waals surface area (Å²) in [6, 6.07) is 7.18. The number of rotatable bonds is 1. The van der Waals surface area contributed by atoms with Crippen molar-refractivity contribution in [2.24, 2.45) is 11.8 Å². The summed E-state index contributed by atoms with van der Waals surface area (Å²) in [5, 5.41) is 4.10. The van der Waals surface area contributed by atoms with Gasteiger partial charge in [-0.1, -0.05) is 11.6 Å². The minimum Gasteiger partial charge on any atom is -0.333 e. The first-order valence-electron chi connectivity index (χ1n) is 6.78. The molecule has 0 bridgehead atoms. The van der Waals surface area contributed by atoms with Crippen molar-refractivity contribution in [3.8, 4) is 0 Å². The van der Waals surface area contributed by atoms with Crippen molar-refractivity contribution in [1.82, 2.24) is 10.2 Å². The van der Waals surface area contributed by atoms with Gasteiger partial charge < -0.3 is 10.2 Å². The molecule has 1 N–H and O–H groups in total. The quantitative estimate of drug-likeness (QED) is 0.856. The summed E-state index contributed by atoms with van der Waals surface area (Å²) in [7, 11) is 0. The van der Waals surface area contributed by atoms with Crippen LogP contribution in [-0.4, -0.2) is 36.0 Å². The van der Waals surface area contributed by atoms with Crippen LogP contribution in [0.5, 0.6) is 0 Å². The number of nitrogens with zero attached hydrogens (tertiary/aromatic N) is 1. The monoisotopic (exact) mass is 278 g/mol. The third-order valence-corrected chi connectivity index (χ3v) is 4.95. The van der Waals surface area contributed by atoms with Crippen LogP contribution >= 0.6 is 11.6 Å². The summed E-state index contributed by atoms with van der Waals surface area (Å²) >= 11 is 5.88. The van der Waals surface area contributed by atoms with Crippen LogP contribution in [0, 0.1) is 11.8 Å². The molecule has 1 amide bonds. The second-order valence-electron chi connectivity index (χ2n) is 6.10. The van der Waals surface area contributed by atoms with Gasteiger partial charge in [-0.25, -0.2) is 0 Å². The van der Waals surface area contributed by atoms with E-state index in [9.17, 15) is 4.79 Å². The number of likely N-dealkylation sites (tertiary alicyclic amines) is 1. The number of carbonyl (C=O) groups is 1. The van der Waals surface area contributed by atoms with Gasteiger partial charge in [0, 0.05) is 35.8 Å². The van der Waals surface area contributed by atoms with Crippen molar-refractivity contribution in [1.29, 1.82) is 0 Å². The highest BCUT2D eigenvalue weighted by Crippen LogP contribution is 2.41. The third kappa shape index (κ3) is 2.05. The van der Waals surface area contributed by atoms with Gasteiger partial charge >= 0.3 is 0 Å². The highest BCUT2D eigenvalue weighted by atomic mass is 35.5. The molecule has 19 heavy (non-hydrogen) atoms. The highest BCUT2D eigenvalue weighted by Gasteiger charge is 2.51. The average molecular weight is 279 g/mol. The van der Waals surface area contributed by atoms with Crippen LogP contribution in [0.15, 0.2) is 24.3 Å². The zero-order chi connectivity index (χ0) is 13.6. The molecule has 2 unspecified atom stereocenters. The summed E-state index contributed by atoms with van der Waals surface area (Å²) in [6.45, 7) is 7.25. The van der Waals surface area contributed by atoms with Crippen LogP contribution < -0.4 is 5.32 Å². The van der Waals surface area contributed by atoms with E-state index in [0.717, 1.165) is 25.2 Å². The Hall–Kier alpha value is -1.06. The van der Waals surface area contributed by atoms with Gasteiger partial charge in [-0.2, -0.15) is 0 Å². The lowest BCUT2D eigenvalue weighted by Crippen LogP contribution is -2.47. The summed E-state index contributed by atoms with van der Waals surface area (Å²) in [6.07, 6.45) is 0. The maximum Gasteiger partial charge on any atom is 0.254 e. The fourth-order valence-corrected chi connectivity index (χ4v) is 3.64. The number of carbonyl (C=O) groups excluding carboxylic acids is 1. The molecule has 1 aromatic carbocycles. The number of hydrogen-bond acceptors (Lipinski definition) is 2. The predicted molar refractivity (Wildman–Crippen MR) is 76.4 cm³/mol. The molecule has 4 heteroatoms. The molecule has 0 spiro atoms. The molecule has 2 aliphatic heterocycles. The van der Waals surface area contributed by atoms with Crippen LogP contribution in [0.2, 0.25) is 5.02 Å². The molecule has 3 nitrogen and oxygen atoms in total. The SMILES string of the molecule is CC1(C)C2CNCC2CN1C(=O)c1ccc(Cl)cc1. The van der Waals surface area contributed by atoms with Gasteiger partial charge in [-0.15, -0.1) is 0 Å². The number of benzene rings is 1. The van der Waals surface area contributed by atoms with E-state index < -0.39 is 0 Å². The minimum atomic E-state index is -0.0785. The molecule has 2 atom stereocenters. The second-order valence-corrected chi connectivity index (χ2v) is 6.54.